The first-order valence-electron chi connectivity index (χ1n) is 16.9. The van der Waals surface area contributed by atoms with Crippen molar-refractivity contribution in [2.45, 2.75) is 37.5 Å². The van der Waals surface area contributed by atoms with Crippen molar-refractivity contribution >= 4 is 27.8 Å². The zero-order valence-electron chi connectivity index (χ0n) is 25.6. The molecule has 1 heteroatoms. The maximum atomic E-state index is 2.52. The molecule has 4 fully saturated rings. The van der Waals surface area contributed by atoms with E-state index >= 15 is 0 Å². The highest BCUT2D eigenvalue weighted by atomic mass is 15.1. The Morgan fingerprint density at radius 2 is 1.11 bits per heavy atom. The number of hydrogen-bond donors (Lipinski definition) is 0. The lowest BCUT2D eigenvalue weighted by molar-refractivity contribution is -0.0399. The van der Waals surface area contributed by atoms with Crippen molar-refractivity contribution < 1.29 is 0 Å². The van der Waals surface area contributed by atoms with Gasteiger partial charge in [0.25, 0.3) is 0 Å². The minimum Gasteiger partial charge on any atom is -0.310 e. The molecule has 4 bridgehead atoms. The minimum absolute atomic E-state index is 0.157. The molecule has 218 valence electrons. The fraction of sp³-hybridized carbons (Fsp3) is 0.227. The second-order valence-corrected chi connectivity index (χ2v) is 14.2. The van der Waals surface area contributed by atoms with Gasteiger partial charge in [-0.2, -0.15) is 0 Å². The molecule has 0 aromatic heterocycles. The normalized spacial score (nSPS) is 25.4. The third kappa shape index (κ3) is 3.67. The summed E-state index contributed by atoms with van der Waals surface area (Å²) in [6.07, 6.45) is 7.10. The predicted octanol–water partition coefficient (Wildman–Crippen LogP) is 11.7. The van der Waals surface area contributed by atoms with Gasteiger partial charge >= 0.3 is 0 Å². The van der Waals surface area contributed by atoms with E-state index in [1.54, 1.807) is 11.1 Å². The summed E-state index contributed by atoms with van der Waals surface area (Å²) in [5, 5.41) is 2.55. The molecule has 45 heavy (non-hydrogen) atoms. The molecule has 0 aliphatic heterocycles. The molecule has 5 aliphatic rings. The summed E-state index contributed by atoms with van der Waals surface area (Å²) in [7, 11) is 0. The molecule has 6 aromatic rings. The van der Waals surface area contributed by atoms with E-state index in [1.165, 1.54) is 82.2 Å². The number of fused-ring (bicyclic) bond motifs is 4. The van der Waals surface area contributed by atoms with Crippen LogP contribution in [0.5, 0.6) is 0 Å². The fourth-order valence-corrected chi connectivity index (χ4v) is 10.6. The second kappa shape index (κ2) is 9.69. The predicted molar refractivity (Wildman–Crippen MR) is 187 cm³/mol. The van der Waals surface area contributed by atoms with Gasteiger partial charge in [-0.3, -0.25) is 0 Å². The van der Waals surface area contributed by atoms with Crippen molar-refractivity contribution in [2.75, 3.05) is 4.90 Å². The highest BCUT2D eigenvalue weighted by Gasteiger charge is 2.61. The number of para-hydroxylation sites is 1. The van der Waals surface area contributed by atoms with E-state index in [4.69, 9.17) is 0 Å². The molecular formula is C44H37N. The van der Waals surface area contributed by atoms with Crippen molar-refractivity contribution in [1.82, 2.24) is 0 Å². The van der Waals surface area contributed by atoms with Gasteiger partial charge < -0.3 is 4.90 Å². The second-order valence-electron chi connectivity index (χ2n) is 14.2. The van der Waals surface area contributed by atoms with Gasteiger partial charge in [0, 0.05) is 22.4 Å². The molecule has 5 aliphatic carbocycles. The van der Waals surface area contributed by atoms with Crippen LogP contribution in [0.1, 0.15) is 43.2 Å². The number of nitrogens with zero attached hydrogens (tertiary/aromatic N) is 1. The van der Waals surface area contributed by atoms with Gasteiger partial charge in [-0.1, -0.05) is 103 Å². The first-order chi connectivity index (χ1) is 22.3. The summed E-state index contributed by atoms with van der Waals surface area (Å²) in [6.45, 7) is 0. The van der Waals surface area contributed by atoms with Crippen LogP contribution in [0, 0.1) is 23.7 Å². The molecule has 0 heterocycles. The minimum atomic E-state index is 0.157. The maximum Gasteiger partial charge on any atom is 0.0543 e. The zero-order valence-corrected chi connectivity index (χ0v) is 25.6. The van der Waals surface area contributed by atoms with Crippen molar-refractivity contribution in [1.29, 1.82) is 0 Å². The molecule has 1 nitrogen and oxygen atoms in total. The average Bonchev–Trinajstić information content (AvgIpc) is 3.39. The van der Waals surface area contributed by atoms with Crippen LogP contribution < -0.4 is 4.90 Å². The first-order valence-corrected chi connectivity index (χ1v) is 16.9. The monoisotopic (exact) mass is 579 g/mol. The Morgan fingerprint density at radius 3 is 1.93 bits per heavy atom. The molecule has 0 amide bonds. The van der Waals surface area contributed by atoms with Crippen LogP contribution in [0.25, 0.3) is 33.0 Å². The van der Waals surface area contributed by atoms with E-state index < -0.39 is 0 Å². The fourth-order valence-electron chi connectivity index (χ4n) is 10.6. The van der Waals surface area contributed by atoms with E-state index in [0.717, 1.165) is 23.7 Å². The van der Waals surface area contributed by atoms with Crippen LogP contribution in [-0.4, -0.2) is 0 Å². The molecule has 0 saturated heterocycles. The Labute approximate surface area is 266 Å². The largest absolute Gasteiger partial charge is 0.310 e. The Kier molecular flexibility index (Phi) is 5.53. The van der Waals surface area contributed by atoms with Gasteiger partial charge in [-0.05, 0) is 131 Å². The van der Waals surface area contributed by atoms with Crippen molar-refractivity contribution in [3.63, 3.8) is 0 Å². The summed E-state index contributed by atoms with van der Waals surface area (Å²) in [6, 6.07) is 52.4. The molecule has 11 rings (SSSR count). The third-order valence-electron chi connectivity index (χ3n) is 12.0. The lowest BCUT2D eigenvalue weighted by atomic mass is 9.43. The Balaban J connectivity index is 1.18. The smallest absolute Gasteiger partial charge is 0.0543 e. The molecule has 0 N–H and O–H groups in total. The maximum absolute atomic E-state index is 2.52. The third-order valence-corrected chi connectivity index (χ3v) is 12.0. The van der Waals surface area contributed by atoms with Crippen molar-refractivity contribution in [3.8, 4) is 22.3 Å². The van der Waals surface area contributed by atoms with E-state index in [0.29, 0.717) is 0 Å². The van der Waals surface area contributed by atoms with Gasteiger partial charge in [0.15, 0.2) is 0 Å². The van der Waals surface area contributed by atoms with E-state index in [9.17, 15) is 0 Å². The van der Waals surface area contributed by atoms with Gasteiger partial charge in [0.2, 0.25) is 0 Å². The zero-order chi connectivity index (χ0) is 29.5. The number of anilines is 3. The SMILES string of the molecule is c1ccc(N(c2cccc(-c3ccc4ccccc4c3)c2)c2cccc3c2-c2ccccc2C32C3CC4CC(C3)CC2C4)cc1. The number of benzene rings is 6. The van der Waals surface area contributed by atoms with Crippen LogP contribution in [0.2, 0.25) is 0 Å². The van der Waals surface area contributed by atoms with Crippen LogP contribution in [0.15, 0.2) is 140 Å². The van der Waals surface area contributed by atoms with Gasteiger partial charge in [0.05, 0.1) is 5.69 Å². The molecule has 0 radical (unpaired) electrons. The Morgan fingerprint density at radius 1 is 0.467 bits per heavy atom. The first kappa shape index (κ1) is 25.7. The lowest BCUT2D eigenvalue weighted by Crippen LogP contribution is -2.55. The highest BCUT2D eigenvalue weighted by molar-refractivity contribution is 5.96. The van der Waals surface area contributed by atoms with Crippen LogP contribution in [0.3, 0.4) is 0 Å². The molecule has 4 saturated carbocycles. The summed E-state index contributed by atoms with van der Waals surface area (Å²) in [4.78, 5) is 2.52. The van der Waals surface area contributed by atoms with Crippen molar-refractivity contribution in [3.05, 3.63) is 151 Å². The van der Waals surface area contributed by atoms with Crippen LogP contribution in [0.4, 0.5) is 17.1 Å². The summed E-state index contributed by atoms with van der Waals surface area (Å²) in [5.41, 5.74) is 12.5. The highest BCUT2D eigenvalue weighted by Crippen LogP contribution is 2.70. The quantitative estimate of drug-likeness (QED) is 0.201. The molecular weight excluding hydrogens is 542 g/mol. The van der Waals surface area contributed by atoms with Gasteiger partial charge in [0.1, 0.15) is 0 Å². The van der Waals surface area contributed by atoms with Crippen LogP contribution in [-0.2, 0) is 5.41 Å². The average molecular weight is 580 g/mol. The van der Waals surface area contributed by atoms with Gasteiger partial charge in [-0.25, -0.2) is 0 Å². The van der Waals surface area contributed by atoms with E-state index in [2.05, 4.69) is 144 Å². The molecule has 0 unspecified atom stereocenters. The topological polar surface area (TPSA) is 3.24 Å². The van der Waals surface area contributed by atoms with Crippen molar-refractivity contribution in [2.24, 2.45) is 23.7 Å². The molecule has 0 atom stereocenters. The van der Waals surface area contributed by atoms with Gasteiger partial charge in [-0.15, -0.1) is 0 Å². The van der Waals surface area contributed by atoms with E-state index in [-0.39, 0.29) is 5.41 Å². The number of hydrogen-bond acceptors (Lipinski definition) is 1. The van der Waals surface area contributed by atoms with Crippen LogP contribution >= 0.6 is 0 Å². The molecule has 1 spiro atoms. The summed E-state index contributed by atoms with van der Waals surface area (Å²) < 4.78 is 0. The number of rotatable bonds is 4. The Hall–Kier alpha value is -4.62. The van der Waals surface area contributed by atoms with E-state index in [1.807, 2.05) is 0 Å². The summed E-state index contributed by atoms with van der Waals surface area (Å²) >= 11 is 0. The Bertz CT molecular complexity index is 2060. The summed E-state index contributed by atoms with van der Waals surface area (Å²) in [5.74, 6) is 3.40. The molecule has 6 aromatic carbocycles. The lowest BCUT2D eigenvalue weighted by Gasteiger charge is -2.61. The standard InChI is InChI=1S/C44H37N/c1-2-13-37(14-3-1)45(38-15-8-12-33(28-38)34-21-20-31-10-4-5-11-32(31)27-34)42-19-9-18-41-43(42)39-16-6-7-17-40(39)44(41)35-23-29-22-30(25-35)26-36(44)24-29/h1-21,27-30,35-36H,22-26H2.